The minimum atomic E-state index is -0.791. The Hall–Kier alpha value is -3.52. The van der Waals surface area contributed by atoms with Gasteiger partial charge in [-0.3, -0.25) is 9.78 Å². The number of aryl methyl sites for hydroxylation is 2. The number of fused-ring (bicyclic) bond motifs is 1. The number of benzene rings is 2. The molecule has 3 aromatic rings. The van der Waals surface area contributed by atoms with Gasteiger partial charge >= 0.3 is 5.97 Å². The van der Waals surface area contributed by atoms with Gasteiger partial charge in [-0.2, -0.15) is 0 Å². The van der Waals surface area contributed by atoms with E-state index in [1.807, 2.05) is 6.07 Å². The number of aliphatic carboxylic acids is 1. The molecule has 2 aromatic carbocycles. The number of nitrogens with one attached hydrogen (secondary N) is 1. The molecule has 7 nitrogen and oxygen atoms in total. The van der Waals surface area contributed by atoms with Crippen molar-refractivity contribution in [1.29, 1.82) is 0 Å². The van der Waals surface area contributed by atoms with Crippen LogP contribution in [0.3, 0.4) is 0 Å². The molecule has 2 heterocycles. The molecule has 0 bridgehead atoms. The zero-order valence-electron chi connectivity index (χ0n) is 22.4. The Kier molecular flexibility index (Phi) is 6.97. The first-order valence-electron chi connectivity index (χ1n) is 13.8. The van der Waals surface area contributed by atoms with Gasteiger partial charge in [-0.25, -0.2) is 9.37 Å². The van der Waals surface area contributed by atoms with Gasteiger partial charge in [0.05, 0.1) is 36.7 Å². The number of hydrogen-bond donors (Lipinski definition) is 2. The molecule has 1 saturated carbocycles. The van der Waals surface area contributed by atoms with E-state index in [0.29, 0.717) is 36.0 Å². The number of nitrogens with zero attached hydrogens (tertiary/aromatic N) is 2. The molecular weight excluding hydrogens is 497 g/mol. The molecule has 2 N–H and O–H groups in total. The van der Waals surface area contributed by atoms with Crippen molar-refractivity contribution < 1.29 is 23.8 Å². The summed E-state index contributed by atoms with van der Waals surface area (Å²) in [6.07, 6.45) is 7.44. The number of carboxylic acids is 1. The molecule has 1 aromatic heterocycles. The molecule has 2 aliphatic carbocycles. The Morgan fingerprint density at radius 1 is 1.13 bits per heavy atom. The fourth-order valence-corrected chi connectivity index (χ4v) is 6.23. The molecular formula is C31H34FN3O4. The molecule has 6 rings (SSSR count). The van der Waals surface area contributed by atoms with Crippen LogP contribution in [0.5, 0.6) is 5.75 Å². The quantitative estimate of drug-likeness (QED) is 0.369. The van der Waals surface area contributed by atoms with Gasteiger partial charge in [-0.1, -0.05) is 6.07 Å². The maximum absolute atomic E-state index is 15.2. The Labute approximate surface area is 227 Å². The average molecular weight is 532 g/mol. The Balaban J connectivity index is 1.20. The lowest BCUT2D eigenvalue weighted by atomic mass is 9.90. The topological polar surface area (TPSA) is 93.6 Å². The van der Waals surface area contributed by atoms with Crippen LogP contribution in [0.25, 0.3) is 11.1 Å². The van der Waals surface area contributed by atoms with Gasteiger partial charge in [0, 0.05) is 24.7 Å². The highest BCUT2D eigenvalue weighted by Crippen LogP contribution is 2.47. The Morgan fingerprint density at radius 3 is 2.56 bits per heavy atom. The van der Waals surface area contributed by atoms with E-state index in [1.165, 1.54) is 0 Å². The lowest BCUT2D eigenvalue weighted by Crippen LogP contribution is -2.21. The molecule has 3 aliphatic rings. The Morgan fingerprint density at radius 2 is 1.90 bits per heavy atom. The summed E-state index contributed by atoms with van der Waals surface area (Å²) < 4.78 is 26.8. The molecule has 204 valence electrons. The number of anilines is 1. The fraction of sp³-hybridized carbons (Fsp3) is 0.452. The maximum Gasteiger partial charge on any atom is 0.307 e. The lowest BCUT2D eigenvalue weighted by molar-refractivity contribution is -0.138. The van der Waals surface area contributed by atoms with Crippen LogP contribution in [0.15, 0.2) is 36.7 Å². The third-order valence-electron chi connectivity index (χ3n) is 8.42. The van der Waals surface area contributed by atoms with Crippen molar-refractivity contribution in [2.75, 3.05) is 25.1 Å². The highest BCUT2D eigenvalue weighted by Gasteiger charge is 2.45. The number of carbonyl (C=O) groups is 1. The lowest BCUT2D eigenvalue weighted by Gasteiger charge is -2.23. The normalized spacial score (nSPS) is 22.4. The van der Waals surface area contributed by atoms with Crippen molar-refractivity contribution >= 4 is 11.8 Å². The average Bonchev–Trinajstić information content (AvgIpc) is 3.63. The van der Waals surface area contributed by atoms with E-state index in [1.54, 1.807) is 18.5 Å². The second-order valence-corrected chi connectivity index (χ2v) is 11.1. The van der Waals surface area contributed by atoms with Crippen LogP contribution in [0, 0.1) is 31.5 Å². The Bertz CT molecular complexity index is 1360. The first-order valence-corrected chi connectivity index (χ1v) is 13.8. The van der Waals surface area contributed by atoms with E-state index < -0.39 is 5.97 Å². The van der Waals surface area contributed by atoms with Crippen LogP contribution < -0.4 is 10.1 Å². The summed E-state index contributed by atoms with van der Waals surface area (Å²) in [6.45, 7) is 6.50. The molecule has 2 fully saturated rings. The largest absolute Gasteiger partial charge is 0.493 e. The van der Waals surface area contributed by atoms with Crippen molar-refractivity contribution in [3.63, 3.8) is 0 Å². The predicted octanol–water partition coefficient (Wildman–Crippen LogP) is 5.99. The van der Waals surface area contributed by atoms with Crippen molar-refractivity contribution in [2.45, 2.75) is 57.9 Å². The van der Waals surface area contributed by atoms with Crippen LogP contribution in [-0.4, -0.2) is 40.9 Å². The highest BCUT2D eigenvalue weighted by molar-refractivity contribution is 5.77. The smallest absolute Gasteiger partial charge is 0.307 e. The number of rotatable bonds is 8. The minimum Gasteiger partial charge on any atom is -0.493 e. The van der Waals surface area contributed by atoms with E-state index in [9.17, 15) is 4.79 Å². The van der Waals surface area contributed by atoms with Crippen molar-refractivity contribution in [3.8, 4) is 16.9 Å². The molecule has 1 saturated heterocycles. The monoisotopic (exact) mass is 531 g/mol. The molecule has 0 amide bonds. The standard InChI is InChI=1S/C31H34FN3O4/c1-17-11-20(39-16-19-7-9-38-10-8-19)12-18(2)29(17)21-3-5-25(32)30-22(21)4-6-26(30)35-28-15-33-27(14-34-28)23-13-24(23)31(36)37/h3,5,11-12,14-15,19,23-24,26H,4,6-10,13,16H2,1-2H3,(H,34,35)(H,36,37)/t23-,24-,26+/m0/s1. The van der Waals surface area contributed by atoms with E-state index in [4.69, 9.17) is 14.6 Å². The summed E-state index contributed by atoms with van der Waals surface area (Å²) in [5.41, 5.74) is 6.83. The summed E-state index contributed by atoms with van der Waals surface area (Å²) >= 11 is 0. The van der Waals surface area contributed by atoms with E-state index in [2.05, 4.69) is 41.3 Å². The zero-order valence-corrected chi connectivity index (χ0v) is 22.4. The van der Waals surface area contributed by atoms with Crippen molar-refractivity contribution in [2.24, 2.45) is 11.8 Å². The zero-order chi connectivity index (χ0) is 27.1. The molecule has 8 heteroatoms. The first-order chi connectivity index (χ1) is 18.9. The number of aromatic nitrogens is 2. The summed E-state index contributed by atoms with van der Waals surface area (Å²) in [5, 5.41) is 12.5. The van der Waals surface area contributed by atoms with Crippen LogP contribution in [-0.2, 0) is 16.0 Å². The maximum atomic E-state index is 15.2. The predicted molar refractivity (Wildman–Crippen MR) is 146 cm³/mol. The molecule has 3 atom stereocenters. The molecule has 39 heavy (non-hydrogen) atoms. The summed E-state index contributed by atoms with van der Waals surface area (Å²) in [7, 11) is 0. The number of hydrogen-bond acceptors (Lipinski definition) is 6. The summed E-state index contributed by atoms with van der Waals surface area (Å²) in [4.78, 5) is 20.1. The van der Waals surface area contributed by atoms with Crippen LogP contribution >= 0.6 is 0 Å². The molecule has 1 aliphatic heterocycles. The van der Waals surface area contributed by atoms with Crippen molar-refractivity contribution in [1.82, 2.24) is 9.97 Å². The first kappa shape index (κ1) is 25.7. The van der Waals surface area contributed by atoms with Gasteiger partial charge in [0.1, 0.15) is 17.4 Å². The van der Waals surface area contributed by atoms with Gasteiger partial charge < -0.3 is 19.9 Å². The van der Waals surface area contributed by atoms with Crippen LogP contribution in [0.1, 0.15) is 65.6 Å². The SMILES string of the molecule is Cc1cc(OCC2CCOCC2)cc(C)c1-c1ccc(F)c2c1CC[C@H]2Nc1cnc([C@H]2C[C@@H]2C(=O)O)cn1. The molecule has 0 radical (unpaired) electrons. The van der Waals surface area contributed by atoms with Crippen LogP contribution in [0.2, 0.25) is 0 Å². The second kappa shape index (κ2) is 10.6. The van der Waals surface area contributed by atoms with Crippen LogP contribution in [0.4, 0.5) is 10.2 Å². The van der Waals surface area contributed by atoms with Gasteiger partial charge in [-0.15, -0.1) is 0 Å². The fourth-order valence-electron chi connectivity index (χ4n) is 6.23. The van der Waals surface area contributed by atoms with E-state index in [0.717, 1.165) is 72.5 Å². The highest BCUT2D eigenvalue weighted by atomic mass is 19.1. The van der Waals surface area contributed by atoms with Gasteiger partial charge in [0.2, 0.25) is 0 Å². The molecule has 0 unspecified atom stereocenters. The second-order valence-electron chi connectivity index (χ2n) is 11.1. The molecule has 0 spiro atoms. The number of halogens is 1. The summed E-state index contributed by atoms with van der Waals surface area (Å²) in [6, 6.07) is 7.44. The number of ether oxygens (including phenoxy) is 2. The number of carboxylic acid groups (broad SMARTS) is 1. The van der Waals surface area contributed by atoms with Crippen molar-refractivity contribution in [3.05, 3.63) is 70.4 Å². The van der Waals surface area contributed by atoms with Gasteiger partial charge in [-0.05, 0) is 97.9 Å². The summed E-state index contributed by atoms with van der Waals surface area (Å²) in [5.74, 6) is 0.518. The minimum absolute atomic E-state index is 0.0682. The third kappa shape index (κ3) is 5.22. The van der Waals surface area contributed by atoms with E-state index >= 15 is 4.39 Å². The van der Waals surface area contributed by atoms with Gasteiger partial charge in [0.25, 0.3) is 0 Å². The van der Waals surface area contributed by atoms with E-state index in [-0.39, 0.29) is 23.7 Å². The third-order valence-corrected chi connectivity index (χ3v) is 8.42. The van der Waals surface area contributed by atoms with Gasteiger partial charge in [0.15, 0.2) is 0 Å².